The zero-order valence-corrected chi connectivity index (χ0v) is 19.4. The minimum atomic E-state index is -0.952. The Hall–Kier alpha value is -3.22. The molecule has 0 bridgehead atoms. The standard InChI is InChI=1S/C27H30N2O4/c1-26(2)21-14-19(11-8-17-6-9-18(10-7-17)25(32)33)20(16-29-13-5-12-28-29)15-22(21)27(3,4)24(31)23(26)30/h5-15,23-24,30-31H,16H2,1-4H3,(H,32,33)/b11-8+/t23-,24+/m0/s1. The monoisotopic (exact) mass is 446 g/mol. The smallest absolute Gasteiger partial charge is 0.335 e. The lowest BCUT2D eigenvalue weighted by molar-refractivity contribution is -0.0673. The van der Waals surface area contributed by atoms with Crippen molar-refractivity contribution in [1.29, 1.82) is 0 Å². The van der Waals surface area contributed by atoms with Gasteiger partial charge in [0.15, 0.2) is 0 Å². The maximum atomic E-state index is 11.1. The number of aromatic nitrogens is 2. The second-order valence-electron chi connectivity index (χ2n) is 9.89. The molecule has 1 aliphatic rings. The van der Waals surface area contributed by atoms with E-state index < -0.39 is 29.0 Å². The highest BCUT2D eigenvalue weighted by atomic mass is 16.4. The number of hydrogen-bond donors (Lipinski definition) is 3. The molecule has 0 spiro atoms. The van der Waals surface area contributed by atoms with Crippen molar-refractivity contribution in [1.82, 2.24) is 9.78 Å². The molecule has 1 heterocycles. The number of aliphatic hydroxyl groups is 2. The van der Waals surface area contributed by atoms with Crippen LogP contribution >= 0.6 is 0 Å². The fraction of sp³-hybridized carbons (Fsp3) is 0.333. The van der Waals surface area contributed by atoms with Gasteiger partial charge in [0.05, 0.1) is 24.3 Å². The van der Waals surface area contributed by atoms with Crippen LogP contribution in [0.15, 0.2) is 54.9 Å². The molecule has 0 unspecified atom stereocenters. The number of benzene rings is 2. The van der Waals surface area contributed by atoms with Gasteiger partial charge in [-0.05, 0) is 46.0 Å². The zero-order chi connectivity index (χ0) is 24.0. The normalized spacial score (nSPS) is 21.2. The predicted octanol–water partition coefficient (Wildman–Crippen LogP) is 4.09. The van der Waals surface area contributed by atoms with E-state index in [-0.39, 0.29) is 5.56 Å². The molecule has 2 aromatic carbocycles. The molecule has 6 heteroatoms. The van der Waals surface area contributed by atoms with E-state index in [1.165, 1.54) is 0 Å². The molecular weight excluding hydrogens is 416 g/mol. The fourth-order valence-electron chi connectivity index (χ4n) is 4.62. The van der Waals surface area contributed by atoms with Crippen LogP contribution in [0.5, 0.6) is 0 Å². The Bertz CT molecular complexity index is 1190. The second-order valence-corrected chi connectivity index (χ2v) is 9.89. The average Bonchev–Trinajstić information content (AvgIpc) is 3.29. The van der Waals surface area contributed by atoms with Crippen LogP contribution < -0.4 is 0 Å². The number of aliphatic hydroxyl groups excluding tert-OH is 2. The first kappa shape index (κ1) is 23.0. The molecule has 0 fully saturated rings. The van der Waals surface area contributed by atoms with E-state index in [1.807, 2.05) is 56.8 Å². The number of aromatic carboxylic acids is 1. The van der Waals surface area contributed by atoms with Gasteiger partial charge in [-0.1, -0.05) is 64.1 Å². The Morgan fingerprint density at radius 2 is 1.61 bits per heavy atom. The first-order valence-corrected chi connectivity index (χ1v) is 11.0. The van der Waals surface area contributed by atoms with Crippen LogP contribution in [0.1, 0.15) is 65.9 Å². The zero-order valence-electron chi connectivity index (χ0n) is 19.4. The first-order chi connectivity index (χ1) is 15.5. The van der Waals surface area contributed by atoms with Gasteiger partial charge in [0, 0.05) is 23.2 Å². The average molecular weight is 447 g/mol. The molecule has 1 aromatic heterocycles. The van der Waals surface area contributed by atoms with Crippen LogP contribution in [0.4, 0.5) is 0 Å². The van der Waals surface area contributed by atoms with E-state index in [0.29, 0.717) is 6.54 Å². The number of rotatable bonds is 5. The minimum Gasteiger partial charge on any atom is -0.478 e. The van der Waals surface area contributed by atoms with Gasteiger partial charge in [-0.25, -0.2) is 4.79 Å². The van der Waals surface area contributed by atoms with Gasteiger partial charge in [0.25, 0.3) is 0 Å². The number of carboxylic acid groups (broad SMARTS) is 1. The van der Waals surface area contributed by atoms with Crippen molar-refractivity contribution in [3.8, 4) is 0 Å². The van der Waals surface area contributed by atoms with Gasteiger partial charge in [-0.15, -0.1) is 0 Å². The molecule has 1 aliphatic carbocycles. The molecule has 2 atom stereocenters. The van der Waals surface area contributed by atoms with E-state index in [2.05, 4.69) is 17.2 Å². The van der Waals surface area contributed by atoms with Crippen LogP contribution in [0, 0.1) is 0 Å². The molecule has 172 valence electrons. The molecule has 3 N–H and O–H groups in total. The maximum Gasteiger partial charge on any atom is 0.335 e. The van der Waals surface area contributed by atoms with Crippen LogP contribution in [0.2, 0.25) is 0 Å². The van der Waals surface area contributed by atoms with Crippen molar-refractivity contribution in [2.45, 2.75) is 57.3 Å². The highest BCUT2D eigenvalue weighted by molar-refractivity contribution is 5.88. The molecule has 0 saturated heterocycles. The number of hydrogen-bond acceptors (Lipinski definition) is 4. The lowest BCUT2D eigenvalue weighted by atomic mass is 9.59. The van der Waals surface area contributed by atoms with E-state index >= 15 is 0 Å². The molecule has 33 heavy (non-hydrogen) atoms. The molecule has 0 amide bonds. The third-order valence-electron chi connectivity index (χ3n) is 6.95. The SMILES string of the molecule is CC1(C)c2cc(Cn3cccn3)c(/C=C/c3ccc(C(=O)O)cc3)cc2C(C)(C)[C@@H](O)[C@H]1O. The lowest BCUT2D eigenvalue weighted by Crippen LogP contribution is -2.56. The molecule has 6 nitrogen and oxygen atoms in total. The molecule has 4 rings (SSSR count). The second kappa shape index (κ2) is 8.28. The minimum absolute atomic E-state index is 0.247. The Kier molecular flexibility index (Phi) is 5.76. The fourth-order valence-corrected chi connectivity index (χ4v) is 4.62. The van der Waals surface area contributed by atoms with Crippen molar-refractivity contribution >= 4 is 18.1 Å². The van der Waals surface area contributed by atoms with Crippen molar-refractivity contribution in [3.05, 3.63) is 88.2 Å². The summed E-state index contributed by atoms with van der Waals surface area (Å²) >= 11 is 0. The molecule has 0 radical (unpaired) electrons. The summed E-state index contributed by atoms with van der Waals surface area (Å²) in [6, 6.07) is 12.8. The highest BCUT2D eigenvalue weighted by Gasteiger charge is 2.50. The van der Waals surface area contributed by atoms with Gasteiger partial charge in [-0.3, -0.25) is 4.68 Å². The topological polar surface area (TPSA) is 95.6 Å². The van der Waals surface area contributed by atoms with Crippen molar-refractivity contribution in [2.24, 2.45) is 0 Å². The van der Waals surface area contributed by atoms with Gasteiger partial charge in [0.2, 0.25) is 0 Å². The van der Waals surface area contributed by atoms with Crippen molar-refractivity contribution < 1.29 is 20.1 Å². The summed E-state index contributed by atoms with van der Waals surface area (Å²) in [6.07, 6.45) is 5.84. The van der Waals surface area contributed by atoms with Gasteiger partial charge < -0.3 is 15.3 Å². The molecular formula is C27H30N2O4. The largest absolute Gasteiger partial charge is 0.478 e. The van der Waals surface area contributed by atoms with Crippen LogP contribution in [0.3, 0.4) is 0 Å². The predicted molar refractivity (Wildman–Crippen MR) is 128 cm³/mol. The van der Waals surface area contributed by atoms with Crippen LogP contribution in [-0.4, -0.2) is 43.3 Å². The lowest BCUT2D eigenvalue weighted by Gasteiger charge is -2.49. The Morgan fingerprint density at radius 1 is 1.00 bits per heavy atom. The summed E-state index contributed by atoms with van der Waals surface area (Å²) in [5.41, 5.74) is 3.96. The van der Waals surface area contributed by atoms with Crippen molar-refractivity contribution in [2.75, 3.05) is 0 Å². The van der Waals surface area contributed by atoms with E-state index in [1.54, 1.807) is 30.5 Å². The highest BCUT2D eigenvalue weighted by Crippen LogP contribution is 2.47. The van der Waals surface area contributed by atoms with E-state index in [0.717, 1.165) is 27.8 Å². The van der Waals surface area contributed by atoms with E-state index in [4.69, 9.17) is 5.11 Å². The van der Waals surface area contributed by atoms with Gasteiger partial charge in [0.1, 0.15) is 0 Å². The molecule has 0 saturated carbocycles. The Balaban J connectivity index is 1.83. The third kappa shape index (κ3) is 4.12. The molecule has 3 aromatic rings. The number of carbonyl (C=O) groups is 1. The number of fused-ring (bicyclic) bond motifs is 1. The van der Waals surface area contributed by atoms with Crippen LogP contribution in [0.25, 0.3) is 12.2 Å². The van der Waals surface area contributed by atoms with Gasteiger partial charge in [-0.2, -0.15) is 5.10 Å². The summed E-state index contributed by atoms with van der Waals surface area (Å²) in [5, 5.41) is 35.3. The molecule has 0 aliphatic heterocycles. The third-order valence-corrected chi connectivity index (χ3v) is 6.95. The van der Waals surface area contributed by atoms with Gasteiger partial charge >= 0.3 is 5.97 Å². The first-order valence-electron chi connectivity index (χ1n) is 11.0. The summed E-state index contributed by atoms with van der Waals surface area (Å²) in [7, 11) is 0. The van der Waals surface area contributed by atoms with Crippen LogP contribution in [-0.2, 0) is 17.4 Å². The Morgan fingerprint density at radius 3 is 2.15 bits per heavy atom. The van der Waals surface area contributed by atoms with Crippen molar-refractivity contribution in [3.63, 3.8) is 0 Å². The summed E-state index contributed by atoms with van der Waals surface area (Å²) in [5.74, 6) is -0.952. The summed E-state index contributed by atoms with van der Waals surface area (Å²) in [4.78, 5) is 11.1. The maximum absolute atomic E-state index is 11.1. The van der Waals surface area contributed by atoms with E-state index in [9.17, 15) is 15.0 Å². The summed E-state index contributed by atoms with van der Waals surface area (Å²) < 4.78 is 1.85. The number of carboxylic acids is 1. The summed E-state index contributed by atoms with van der Waals surface area (Å²) in [6.45, 7) is 8.41. The number of nitrogens with zero attached hydrogens (tertiary/aromatic N) is 2. The Labute approximate surface area is 193 Å². The quantitative estimate of drug-likeness (QED) is 0.513.